The third kappa shape index (κ3) is 11.9. The third-order valence-electron chi connectivity index (χ3n) is 8.33. The number of nitrogens with zero attached hydrogens (tertiary/aromatic N) is 2. The number of carbonyl (C=O) groups is 4. The molecule has 0 unspecified atom stereocenters. The molecule has 0 aliphatic heterocycles. The summed E-state index contributed by atoms with van der Waals surface area (Å²) in [6, 6.07) is 28.3. The fourth-order valence-electron chi connectivity index (χ4n) is 5.61. The van der Waals surface area contributed by atoms with Crippen LogP contribution in [-0.4, -0.2) is 60.3 Å². The predicted octanol–water partition coefficient (Wildman–Crippen LogP) is 9.86. The predicted molar refractivity (Wildman–Crippen MR) is 227 cm³/mol. The van der Waals surface area contributed by atoms with E-state index in [1.165, 1.54) is 0 Å². The summed E-state index contributed by atoms with van der Waals surface area (Å²) < 4.78 is 20.8. The van der Waals surface area contributed by atoms with Crippen molar-refractivity contribution in [3.63, 3.8) is 0 Å². The first-order chi connectivity index (χ1) is 28.2. The highest BCUT2D eigenvalue weighted by Crippen LogP contribution is 2.22. The normalized spacial score (nSPS) is 11.4. The highest BCUT2D eigenvalue weighted by molar-refractivity contribution is 5.93. The van der Waals surface area contributed by atoms with Crippen LogP contribution in [0.2, 0.25) is 0 Å². The van der Waals surface area contributed by atoms with Crippen LogP contribution in [0.4, 0.5) is 0 Å². The zero-order chi connectivity index (χ0) is 41.3. The Morgan fingerprint density at radius 3 is 0.810 bits per heavy atom. The van der Waals surface area contributed by atoms with Crippen molar-refractivity contribution in [1.29, 1.82) is 0 Å². The van der Waals surface area contributed by atoms with Crippen LogP contribution in [0.5, 0.6) is 0 Å². The molecule has 5 aromatic rings. The fourth-order valence-corrected chi connectivity index (χ4v) is 5.61. The van der Waals surface area contributed by atoms with E-state index in [0.29, 0.717) is 45.0 Å². The highest BCUT2D eigenvalue weighted by Gasteiger charge is 2.12. The van der Waals surface area contributed by atoms with Gasteiger partial charge < -0.3 is 18.9 Å². The van der Waals surface area contributed by atoms with Crippen molar-refractivity contribution in [2.45, 2.75) is 27.7 Å². The van der Waals surface area contributed by atoms with Crippen LogP contribution in [0.25, 0.3) is 48.6 Å². The number of ether oxygens (including phenoxy) is 4. The van der Waals surface area contributed by atoms with Crippen LogP contribution in [0.15, 0.2) is 97.1 Å². The van der Waals surface area contributed by atoms with Crippen LogP contribution in [0.1, 0.15) is 114 Å². The number of benzene rings is 4. The van der Waals surface area contributed by atoms with Crippen LogP contribution >= 0.6 is 0 Å². The second kappa shape index (κ2) is 21.2. The number of aromatic nitrogens is 2. The van der Waals surface area contributed by atoms with Gasteiger partial charge in [0.25, 0.3) is 0 Å². The molecular weight excluding hydrogens is 733 g/mol. The van der Waals surface area contributed by atoms with Crippen molar-refractivity contribution < 1.29 is 38.1 Å². The minimum atomic E-state index is -0.422. The van der Waals surface area contributed by atoms with E-state index in [9.17, 15) is 19.2 Å². The SMILES string of the molecule is CCOC(=O)c1cccc(C=Cc2nc(C=Cc3cccc(C(=O)OCC)c3)c(C=Cc3cccc(C(=O)OCC)c3)nc2C=Cc2cccc(C(=O)OCC)c2)c1. The number of esters is 4. The van der Waals surface area contributed by atoms with Gasteiger partial charge in [0.1, 0.15) is 0 Å². The van der Waals surface area contributed by atoms with Crippen molar-refractivity contribution in [2.24, 2.45) is 0 Å². The molecule has 0 radical (unpaired) electrons. The lowest BCUT2D eigenvalue weighted by molar-refractivity contribution is 0.0516. The zero-order valence-electron chi connectivity index (χ0n) is 32.8. The molecule has 0 saturated heterocycles. The third-order valence-corrected chi connectivity index (χ3v) is 8.33. The number of hydrogen-bond acceptors (Lipinski definition) is 10. The Labute approximate surface area is 338 Å². The van der Waals surface area contributed by atoms with E-state index < -0.39 is 23.9 Å². The van der Waals surface area contributed by atoms with Gasteiger partial charge in [0.15, 0.2) is 0 Å². The van der Waals surface area contributed by atoms with Gasteiger partial charge in [0, 0.05) is 0 Å². The minimum absolute atomic E-state index is 0.258. The van der Waals surface area contributed by atoms with E-state index in [0.717, 1.165) is 22.3 Å². The first-order valence-corrected chi connectivity index (χ1v) is 18.9. The monoisotopic (exact) mass is 776 g/mol. The molecule has 0 atom stereocenters. The molecule has 294 valence electrons. The number of rotatable bonds is 16. The molecule has 4 aromatic carbocycles. The summed E-state index contributed by atoms with van der Waals surface area (Å²) in [6.45, 7) is 8.05. The Morgan fingerprint density at radius 1 is 0.379 bits per heavy atom. The molecule has 0 fully saturated rings. The topological polar surface area (TPSA) is 131 Å². The largest absolute Gasteiger partial charge is 0.462 e. The van der Waals surface area contributed by atoms with Crippen LogP contribution in [0, 0.1) is 0 Å². The summed E-state index contributed by atoms with van der Waals surface area (Å²) in [5.41, 5.74) is 6.62. The summed E-state index contributed by atoms with van der Waals surface area (Å²) in [6.07, 6.45) is 14.6. The average molecular weight is 777 g/mol. The molecule has 0 amide bonds. The molecule has 0 bridgehead atoms. The summed E-state index contributed by atoms with van der Waals surface area (Å²) in [5.74, 6) is -1.69. The quantitative estimate of drug-likeness (QED) is 0.0705. The van der Waals surface area contributed by atoms with E-state index in [-0.39, 0.29) is 26.4 Å². The van der Waals surface area contributed by atoms with Crippen LogP contribution in [-0.2, 0) is 18.9 Å². The van der Waals surface area contributed by atoms with Gasteiger partial charge in [-0.1, -0.05) is 72.8 Å². The van der Waals surface area contributed by atoms with Crippen molar-refractivity contribution >= 4 is 72.5 Å². The Kier molecular flexibility index (Phi) is 15.3. The summed E-state index contributed by atoms with van der Waals surface area (Å²) in [7, 11) is 0. The number of hydrogen-bond donors (Lipinski definition) is 0. The molecule has 5 rings (SSSR count). The molecule has 1 heterocycles. The molecule has 0 aliphatic carbocycles. The maximum absolute atomic E-state index is 12.5. The molecule has 10 nitrogen and oxygen atoms in total. The maximum atomic E-state index is 12.5. The Morgan fingerprint density at radius 2 is 0.603 bits per heavy atom. The lowest BCUT2D eigenvalue weighted by Crippen LogP contribution is -2.04. The second-order valence-electron chi connectivity index (χ2n) is 12.5. The fraction of sp³-hybridized carbons (Fsp3) is 0.167. The lowest BCUT2D eigenvalue weighted by Gasteiger charge is -2.08. The Hall–Kier alpha value is -7.20. The van der Waals surface area contributed by atoms with Crippen molar-refractivity contribution in [3.8, 4) is 0 Å². The van der Waals surface area contributed by atoms with Gasteiger partial charge in [-0.2, -0.15) is 0 Å². The molecule has 0 N–H and O–H groups in total. The van der Waals surface area contributed by atoms with E-state index in [1.807, 2.05) is 48.6 Å². The van der Waals surface area contributed by atoms with Crippen molar-refractivity contribution in [1.82, 2.24) is 9.97 Å². The van der Waals surface area contributed by atoms with E-state index in [4.69, 9.17) is 28.9 Å². The molecule has 0 saturated carbocycles. The summed E-state index contributed by atoms with van der Waals surface area (Å²) in [5, 5.41) is 0. The van der Waals surface area contributed by atoms with Gasteiger partial charge in [0.2, 0.25) is 0 Å². The molecule has 58 heavy (non-hydrogen) atoms. The van der Waals surface area contributed by atoms with Gasteiger partial charge in [-0.15, -0.1) is 0 Å². The van der Waals surface area contributed by atoms with E-state index in [2.05, 4.69) is 0 Å². The van der Waals surface area contributed by atoms with Gasteiger partial charge in [-0.25, -0.2) is 29.1 Å². The maximum Gasteiger partial charge on any atom is 0.338 e. The number of carbonyl (C=O) groups excluding carboxylic acids is 4. The zero-order valence-corrected chi connectivity index (χ0v) is 32.8. The van der Waals surface area contributed by atoms with Gasteiger partial charge >= 0.3 is 23.9 Å². The van der Waals surface area contributed by atoms with E-state index in [1.54, 1.807) is 125 Å². The molecule has 10 heteroatoms. The summed E-state index contributed by atoms with van der Waals surface area (Å²) in [4.78, 5) is 60.1. The molecule has 0 aliphatic rings. The van der Waals surface area contributed by atoms with Crippen molar-refractivity contribution in [3.05, 3.63) is 164 Å². The first kappa shape index (κ1) is 42.0. The van der Waals surface area contributed by atoms with Gasteiger partial charge in [-0.3, -0.25) is 0 Å². The van der Waals surface area contributed by atoms with Gasteiger partial charge in [-0.05, 0) is 123 Å². The lowest BCUT2D eigenvalue weighted by atomic mass is 10.1. The average Bonchev–Trinajstić information content (AvgIpc) is 3.24. The molecule has 1 aromatic heterocycles. The smallest absolute Gasteiger partial charge is 0.338 e. The van der Waals surface area contributed by atoms with Crippen molar-refractivity contribution in [2.75, 3.05) is 26.4 Å². The van der Waals surface area contributed by atoms with Crippen LogP contribution in [0.3, 0.4) is 0 Å². The first-order valence-electron chi connectivity index (χ1n) is 18.9. The van der Waals surface area contributed by atoms with E-state index >= 15 is 0 Å². The second-order valence-corrected chi connectivity index (χ2v) is 12.5. The summed E-state index contributed by atoms with van der Waals surface area (Å²) >= 11 is 0. The Balaban J connectivity index is 1.65. The molecule has 0 spiro atoms. The Bertz CT molecular complexity index is 2060. The van der Waals surface area contributed by atoms with Gasteiger partial charge in [0.05, 0.1) is 71.5 Å². The highest BCUT2D eigenvalue weighted by atomic mass is 16.5. The van der Waals surface area contributed by atoms with Crippen LogP contribution < -0.4 is 0 Å². The minimum Gasteiger partial charge on any atom is -0.462 e. The molecular formula is C48H44N2O8. The standard InChI is InChI=1S/C48H44N2O8/c1-5-55-45(51)37-17-9-13-33(29-37)21-25-41-42(26-22-34-14-10-18-38(30-34)46(52)56-6-2)50-44(28-24-36-16-12-20-40(32-36)48(54)58-8-4)43(49-41)27-23-35-15-11-19-39(31-35)47(53)57-7-3/h9-32H,5-8H2,1-4H3.